The molecule has 0 fully saturated rings. The number of hydrogen-bond donors (Lipinski definition) is 1. The highest BCUT2D eigenvalue weighted by atomic mass is 35.5. The van der Waals surface area contributed by atoms with Gasteiger partial charge < -0.3 is 5.32 Å². The second-order valence-electron chi connectivity index (χ2n) is 4.66. The fourth-order valence-electron chi connectivity index (χ4n) is 2.05. The van der Waals surface area contributed by atoms with E-state index in [1.807, 2.05) is 17.6 Å². The van der Waals surface area contributed by atoms with Crippen molar-refractivity contribution in [3.8, 4) is 0 Å². The van der Waals surface area contributed by atoms with Gasteiger partial charge >= 0.3 is 0 Å². The Kier molecular flexibility index (Phi) is 5.37. The first kappa shape index (κ1) is 14.5. The monoisotopic (exact) mass is 294 g/mol. The van der Waals surface area contributed by atoms with Crippen molar-refractivity contribution in [2.24, 2.45) is 0 Å². The molecule has 19 heavy (non-hydrogen) atoms. The van der Waals surface area contributed by atoms with Gasteiger partial charge in [0.2, 0.25) is 0 Å². The van der Waals surface area contributed by atoms with E-state index in [9.17, 15) is 0 Å². The van der Waals surface area contributed by atoms with Gasteiger partial charge in [-0.15, -0.1) is 11.3 Å². The van der Waals surface area contributed by atoms with Crippen LogP contribution in [-0.4, -0.2) is 11.5 Å². The number of halogens is 1. The third-order valence-corrected chi connectivity index (χ3v) is 4.16. The Hall–Kier alpha value is -0.900. The summed E-state index contributed by atoms with van der Waals surface area (Å²) in [4.78, 5) is 4.37. The van der Waals surface area contributed by atoms with Gasteiger partial charge in [-0.3, -0.25) is 0 Å². The van der Waals surface area contributed by atoms with E-state index >= 15 is 0 Å². The van der Waals surface area contributed by atoms with Crippen LogP contribution in [0.2, 0.25) is 5.02 Å². The van der Waals surface area contributed by atoms with Crippen molar-refractivity contribution in [2.75, 3.05) is 6.54 Å². The number of rotatable bonds is 6. The van der Waals surface area contributed by atoms with Crippen molar-refractivity contribution in [1.29, 1.82) is 0 Å². The summed E-state index contributed by atoms with van der Waals surface area (Å²) in [5, 5.41) is 7.57. The van der Waals surface area contributed by atoms with Gasteiger partial charge in [-0.25, -0.2) is 4.98 Å². The van der Waals surface area contributed by atoms with Crippen LogP contribution in [0.1, 0.15) is 35.5 Å². The largest absolute Gasteiger partial charge is 0.310 e. The summed E-state index contributed by atoms with van der Waals surface area (Å²) < 4.78 is 0. The van der Waals surface area contributed by atoms with Crippen molar-refractivity contribution in [3.05, 3.63) is 50.9 Å². The standard InChI is InChI=1S/C15H19ClN2S/c1-3-6-17-14(10-15-18-7-8-19-15)12-5-4-11(2)9-13(12)16/h4-5,7-9,14,17H,3,6,10H2,1-2H3. The summed E-state index contributed by atoms with van der Waals surface area (Å²) >= 11 is 8.08. The van der Waals surface area contributed by atoms with E-state index in [0.29, 0.717) is 0 Å². The number of hydrogen-bond acceptors (Lipinski definition) is 3. The first-order valence-corrected chi connectivity index (χ1v) is 7.84. The fraction of sp³-hybridized carbons (Fsp3) is 0.400. The third kappa shape index (κ3) is 4.03. The van der Waals surface area contributed by atoms with E-state index in [4.69, 9.17) is 11.6 Å². The first-order valence-electron chi connectivity index (χ1n) is 6.58. The zero-order valence-corrected chi connectivity index (χ0v) is 12.9. The van der Waals surface area contributed by atoms with Gasteiger partial charge in [0.25, 0.3) is 0 Å². The van der Waals surface area contributed by atoms with Crippen LogP contribution < -0.4 is 5.32 Å². The number of benzene rings is 1. The minimum absolute atomic E-state index is 0.235. The van der Waals surface area contributed by atoms with Gasteiger partial charge in [0, 0.05) is 29.1 Å². The molecule has 2 rings (SSSR count). The van der Waals surface area contributed by atoms with Crippen LogP contribution in [0.5, 0.6) is 0 Å². The summed E-state index contributed by atoms with van der Waals surface area (Å²) in [6.07, 6.45) is 3.85. The fourth-order valence-corrected chi connectivity index (χ4v) is 3.08. The maximum atomic E-state index is 6.39. The molecule has 1 heterocycles. The van der Waals surface area contributed by atoms with Crippen LogP contribution in [0.25, 0.3) is 0 Å². The molecule has 0 aliphatic carbocycles. The molecule has 1 unspecified atom stereocenters. The molecule has 0 radical (unpaired) electrons. The molecular weight excluding hydrogens is 276 g/mol. The normalized spacial score (nSPS) is 12.6. The molecule has 4 heteroatoms. The molecule has 0 bridgehead atoms. The molecule has 0 saturated carbocycles. The predicted octanol–water partition coefficient (Wildman–Crippen LogP) is 4.39. The molecule has 1 aromatic carbocycles. The zero-order chi connectivity index (χ0) is 13.7. The SMILES string of the molecule is CCCNC(Cc1nccs1)c1ccc(C)cc1Cl. The molecule has 0 aliphatic heterocycles. The second-order valence-corrected chi connectivity index (χ2v) is 6.05. The summed E-state index contributed by atoms with van der Waals surface area (Å²) in [6, 6.07) is 6.50. The Labute approximate surface area is 123 Å². The molecule has 0 amide bonds. The highest BCUT2D eigenvalue weighted by Crippen LogP contribution is 2.27. The van der Waals surface area contributed by atoms with Crippen molar-refractivity contribution >= 4 is 22.9 Å². The number of thiazole rings is 1. The van der Waals surface area contributed by atoms with Crippen molar-refractivity contribution < 1.29 is 0 Å². The lowest BCUT2D eigenvalue weighted by Gasteiger charge is -2.19. The second kappa shape index (κ2) is 7.04. The van der Waals surface area contributed by atoms with Crippen LogP contribution in [0, 0.1) is 6.92 Å². The van der Waals surface area contributed by atoms with Gasteiger partial charge in [0.05, 0.1) is 5.01 Å². The molecule has 0 spiro atoms. The number of aryl methyl sites for hydroxylation is 1. The maximum absolute atomic E-state index is 6.39. The minimum Gasteiger partial charge on any atom is -0.310 e. The lowest BCUT2D eigenvalue weighted by Crippen LogP contribution is -2.24. The van der Waals surface area contributed by atoms with Gasteiger partial charge in [-0.05, 0) is 37.1 Å². The Bertz CT molecular complexity index is 511. The quantitative estimate of drug-likeness (QED) is 0.855. The average molecular weight is 295 g/mol. The Balaban J connectivity index is 2.20. The minimum atomic E-state index is 0.235. The van der Waals surface area contributed by atoms with Gasteiger partial charge in [-0.2, -0.15) is 0 Å². The van der Waals surface area contributed by atoms with Gasteiger partial charge in [0.15, 0.2) is 0 Å². The number of aromatic nitrogens is 1. The Morgan fingerprint density at radius 3 is 2.89 bits per heavy atom. The van der Waals surface area contributed by atoms with Crippen molar-refractivity contribution in [1.82, 2.24) is 10.3 Å². The zero-order valence-electron chi connectivity index (χ0n) is 11.3. The lowest BCUT2D eigenvalue weighted by atomic mass is 10.0. The molecule has 1 atom stereocenters. The lowest BCUT2D eigenvalue weighted by molar-refractivity contribution is 0.528. The van der Waals surface area contributed by atoms with Crippen LogP contribution >= 0.6 is 22.9 Å². The Morgan fingerprint density at radius 1 is 1.42 bits per heavy atom. The van der Waals surface area contributed by atoms with Crippen LogP contribution in [0.4, 0.5) is 0 Å². The van der Waals surface area contributed by atoms with E-state index < -0.39 is 0 Å². The molecule has 0 aliphatic rings. The van der Waals surface area contributed by atoms with Crippen molar-refractivity contribution in [2.45, 2.75) is 32.7 Å². The third-order valence-electron chi connectivity index (χ3n) is 3.03. The van der Waals surface area contributed by atoms with Crippen LogP contribution in [0.15, 0.2) is 29.8 Å². The molecule has 1 aromatic heterocycles. The number of nitrogens with zero attached hydrogens (tertiary/aromatic N) is 1. The predicted molar refractivity (Wildman–Crippen MR) is 83.0 cm³/mol. The van der Waals surface area contributed by atoms with E-state index in [2.05, 4.69) is 36.3 Å². The van der Waals surface area contributed by atoms with Gasteiger partial charge in [0.1, 0.15) is 0 Å². The van der Waals surface area contributed by atoms with E-state index in [1.165, 1.54) is 5.56 Å². The first-order chi connectivity index (χ1) is 9.20. The maximum Gasteiger partial charge on any atom is 0.0943 e. The smallest absolute Gasteiger partial charge is 0.0943 e. The van der Waals surface area contributed by atoms with E-state index in [1.54, 1.807) is 11.3 Å². The molecule has 0 saturated heterocycles. The molecular formula is C15H19ClN2S. The van der Waals surface area contributed by atoms with Crippen LogP contribution in [0.3, 0.4) is 0 Å². The number of nitrogens with one attached hydrogen (secondary N) is 1. The summed E-state index contributed by atoms with van der Waals surface area (Å²) in [5.74, 6) is 0. The topological polar surface area (TPSA) is 24.9 Å². The van der Waals surface area contributed by atoms with E-state index in [-0.39, 0.29) is 6.04 Å². The Morgan fingerprint density at radius 2 is 2.26 bits per heavy atom. The highest BCUT2D eigenvalue weighted by molar-refractivity contribution is 7.09. The molecule has 102 valence electrons. The van der Waals surface area contributed by atoms with Crippen LogP contribution in [-0.2, 0) is 6.42 Å². The van der Waals surface area contributed by atoms with Gasteiger partial charge in [-0.1, -0.05) is 30.7 Å². The highest BCUT2D eigenvalue weighted by Gasteiger charge is 2.16. The molecule has 2 nitrogen and oxygen atoms in total. The molecule has 2 aromatic rings. The average Bonchev–Trinajstić information content (AvgIpc) is 2.88. The van der Waals surface area contributed by atoms with Crippen molar-refractivity contribution in [3.63, 3.8) is 0 Å². The molecule has 1 N–H and O–H groups in total. The summed E-state index contributed by atoms with van der Waals surface area (Å²) in [5.41, 5.74) is 2.35. The summed E-state index contributed by atoms with van der Waals surface area (Å²) in [7, 11) is 0. The summed E-state index contributed by atoms with van der Waals surface area (Å²) in [6.45, 7) is 5.22. The van der Waals surface area contributed by atoms with E-state index in [0.717, 1.165) is 35.0 Å².